The van der Waals surface area contributed by atoms with Gasteiger partial charge in [-0.3, -0.25) is 0 Å². The van der Waals surface area contributed by atoms with Crippen molar-refractivity contribution in [1.29, 1.82) is 0 Å². The average molecular weight is 481 g/mol. The Balaban J connectivity index is 2.66. The van der Waals surface area contributed by atoms with Crippen molar-refractivity contribution in [2.45, 2.75) is 47.8 Å². The van der Waals surface area contributed by atoms with Gasteiger partial charge in [-0.1, -0.05) is 34.1 Å². The summed E-state index contributed by atoms with van der Waals surface area (Å²) in [7, 11) is 0. The van der Waals surface area contributed by atoms with E-state index in [2.05, 4.69) is 15.9 Å². The Bertz CT molecular complexity index is 704. The summed E-state index contributed by atoms with van der Waals surface area (Å²) in [5.74, 6) is -35.5. The van der Waals surface area contributed by atoms with Crippen LogP contribution in [0.3, 0.4) is 0 Å². The Labute approximate surface area is 152 Å². The van der Waals surface area contributed by atoms with Gasteiger partial charge in [-0.05, 0) is 11.6 Å². The molecule has 1 aromatic carbocycles. The first kappa shape index (κ1) is 22.2. The monoisotopic (exact) mass is 480 g/mol. The molecule has 2 rings (SSSR count). The van der Waals surface area contributed by atoms with Crippen LogP contribution < -0.4 is 0 Å². The molecule has 1 nitrogen and oxygen atoms in total. The number of rotatable bonds is 3. The SMILES string of the molecule is OC(CC1(F)C(F)(F)C(F)(F)C(F)(F)C(F)(F)C1(F)F)c1ccccc1Br. The molecule has 1 unspecified atom stereocenters. The summed E-state index contributed by atoms with van der Waals surface area (Å²) in [5, 5.41) is 9.74. The van der Waals surface area contributed by atoms with Crippen LogP contribution in [0.4, 0.5) is 48.3 Å². The molecule has 1 aliphatic rings. The first-order chi connectivity index (χ1) is 11.9. The summed E-state index contributed by atoms with van der Waals surface area (Å²) in [6.07, 6.45) is -5.45. The number of aliphatic hydroxyl groups excluding tert-OH is 1. The van der Waals surface area contributed by atoms with Gasteiger partial charge in [-0.2, -0.15) is 43.9 Å². The topological polar surface area (TPSA) is 20.2 Å². The maximum Gasteiger partial charge on any atom is 0.384 e. The van der Waals surface area contributed by atoms with Crippen molar-refractivity contribution < 1.29 is 53.4 Å². The lowest BCUT2D eigenvalue weighted by Crippen LogP contribution is -2.83. The van der Waals surface area contributed by atoms with Crippen molar-refractivity contribution in [2.24, 2.45) is 0 Å². The summed E-state index contributed by atoms with van der Waals surface area (Å²) in [5.41, 5.74) is -6.80. The number of hydrogen-bond acceptors (Lipinski definition) is 1. The molecule has 1 saturated carbocycles. The Kier molecular flexibility index (Phi) is 4.88. The van der Waals surface area contributed by atoms with E-state index in [4.69, 9.17) is 0 Å². The van der Waals surface area contributed by atoms with Crippen LogP contribution in [0.25, 0.3) is 0 Å². The third-order valence-electron chi connectivity index (χ3n) is 4.31. The highest BCUT2D eigenvalue weighted by atomic mass is 79.9. The van der Waals surface area contributed by atoms with Gasteiger partial charge in [0.2, 0.25) is 0 Å². The highest BCUT2D eigenvalue weighted by molar-refractivity contribution is 9.10. The van der Waals surface area contributed by atoms with Crippen LogP contribution in [0.1, 0.15) is 18.1 Å². The van der Waals surface area contributed by atoms with E-state index in [9.17, 15) is 53.4 Å². The zero-order chi connectivity index (χ0) is 21.3. The molecule has 0 amide bonds. The molecule has 0 bridgehead atoms. The average Bonchev–Trinajstić information content (AvgIpc) is 2.53. The van der Waals surface area contributed by atoms with Crippen LogP contribution in [-0.4, -0.2) is 40.4 Å². The van der Waals surface area contributed by atoms with Gasteiger partial charge >= 0.3 is 29.6 Å². The zero-order valence-corrected chi connectivity index (χ0v) is 14.2. The second kappa shape index (κ2) is 5.94. The quantitative estimate of drug-likeness (QED) is 0.544. The Morgan fingerprint density at radius 2 is 1.07 bits per heavy atom. The molecule has 0 radical (unpaired) electrons. The summed E-state index contributed by atoms with van der Waals surface area (Å²) in [6.45, 7) is 0. The Morgan fingerprint density at radius 1 is 0.704 bits per heavy atom. The fourth-order valence-electron chi connectivity index (χ4n) is 2.66. The molecule has 1 aliphatic carbocycles. The highest BCUT2D eigenvalue weighted by Crippen LogP contribution is 2.70. The summed E-state index contributed by atoms with van der Waals surface area (Å²) in [4.78, 5) is 0. The van der Waals surface area contributed by atoms with Crippen molar-refractivity contribution >= 4 is 15.9 Å². The van der Waals surface area contributed by atoms with E-state index in [0.29, 0.717) is 0 Å². The van der Waals surface area contributed by atoms with Crippen LogP contribution in [0.15, 0.2) is 28.7 Å². The summed E-state index contributed by atoms with van der Waals surface area (Å²) >= 11 is 2.73. The first-order valence-corrected chi connectivity index (χ1v) is 7.70. The minimum absolute atomic E-state index is 0.188. The van der Waals surface area contributed by atoms with E-state index in [1.807, 2.05) is 0 Å². The van der Waals surface area contributed by atoms with Gasteiger partial charge in [0.15, 0.2) is 0 Å². The van der Waals surface area contributed by atoms with Gasteiger partial charge in [0, 0.05) is 10.9 Å². The van der Waals surface area contributed by atoms with Gasteiger partial charge in [0.25, 0.3) is 5.67 Å². The second-order valence-electron chi connectivity index (χ2n) is 5.91. The van der Waals surface area contributed by atoms with E-state index >= 15 is 0 Å². The zero-order valence-electron chi connectivity index (χ0n) is 12.6. The molecule has 27 heavy (non-hydrogen) atoms. The second-order valence-corrected chi connectivity index (χ2v) is 6.77. The minimum atomic E-state index is -7.26. The molecule has 0 spiro atoms. The lowest BCUT2D eigenvalue weighted by atomic mass is 9.69. The summed E-state index contributed by atoms with van der Waals surface area (Å²) in [6, 6.07) is 4.35. The molecule has 0 aliphatic heterocycles. The van der Waals surface area contributed by atoms with Gasteiger partial charge < -0.3 is 5.11 Å². The van der Waals surface area contributed by atoms with Crippen LogP contribution in [0.5, 0.6) is 0 Å². The number of benzene rings is 1. The lowest BCUT2D eigenvalue weighted by molar-refractivity contribution is -0.487. The van der Waals surface area contributed by atoms with E-state index in [0.717, 1.165) is 18.2 Å². The van der Waals surface area contributed by atoms with Crippen molar-refractivity contribution in [3.8, 4) is 0 Å². The molecular weight excluding hydrogens is 473 g/mol. The molecule has 1 aromatic rings. The predicted molar refractivity (Wildman–Crippen MR) is 72.3 cm³/mol. The van der Waals surface area contributed by atoms with Crippen molar-refractivity contribution in [3.05, 3.63) is 34.3 Å². The van der Waals surface area contributed by atoms with Crippen molar-refractivity contribution in [3.63, 3.8) is 0 Å². The molecule has 0 heterocycles. The number of hydrogen-bond donors (Lipinski definition) is 1. The van der Waals surface area contributed by atoms with Gasteiger partial charge in [-0.15, -0.1) is 0 Å². The smallest absolute Gasteiger partial charge is 0.384 e. The Morgan fingerprint density at radius 3 is 1.48 bits per heavy atom. The van der Waals surface area contributed by atoms with Crippen LogP contribution >= 0.6 is 15.9 Å². The third-order valence-corrected chi connectivity index (χ3v) is 5.03. The minimum Gasteiger partial charge on any atom is -0.388 e. The molecule has 154 valence electrons. The van der Waals surface area contributed by atoms with Crippen molar-refractivity contribution in [1.82, 2.24) is 0 Å². The largest absolute Gasteiger partial charge is 0.388 e. The standard InChI is InChI=1S/C14H8BrF11O/c15-7-4-2-1-3-6(7)8(27)5-9(16)10(17,18)12(21,22)14(25,26)13(23,24)11(9,19)20/h1-4,8,27H,5H2. The maximum absolute atomic E-state index is 14.6. The highest BCUT2D eigenvalue weighted by Gasteiger charge is 3.00. The molecule has 0 aromatic heterocycles. The fourth-order valence-corrected chi connectivity index (χ4v) is 3.21. The van der Waals surface area contributed by atoms with Gasteiger partial charge in [0.05, 0.1) is 6.10 Å². The molecule has 0 saturated heterocycles. The normalized spacial score (nSPS) is 27.7. The maximum atomic E-state index is 14.6. The van der Waals surface area contributed by atoms with E-state index < -0.39 is 53.4 Å². The van der Waals surface area contributed by atoms with E-state index in [-0.39, 0.29) is 4.47 Å². The lowest BCUT2D eigenvalue weighted by Gasteiger charge is -2.52. The first-order valence-electron chi connectivity index (χ1n) is 6.90. The van der Waals surface area contributed by atoms with E-state index in [1.54, 1.807) is 0 Å². The van der Waals surface area contributed by atoms with Crippen LogP contribution in [-0.2, 0) is 0 Å². The fraction of sp³-hybridized carbons (Fsp3) is 0.571. The van der Waals surface area contributed by atoms with Crippen LogP contribution in [0, 0.1) is 0 Å². The van der Waals surface area contributed by atoms with Crippen molar-refractivity contribution in [2.75, 3.05) is 0 Å². The number of halogens is 12. The van der Waals surface area contributed by atoms with Crippen LogP contribution in [0.2, 0.25) is 0 Å². The molecule has 1 fully saturated rings. The molecule has 1 N–H and O–H groups in total. The van der Waals surface area contributed by atoms with Gasteiger partial charge in [0.1, 0.15) is 0 Å². The number of aliphatic hydroxyl groups is 1. The molecule has 13 heteroatoms. The molecular formula is C14H8BrF11O. The summed E-state index contributed by atoms with van der Waals surface area (Å²) < 4.78 is 149. The predicted octanol–water partition coefficient (Wildman–Crippen LogP) is 5.77. The van der Waals surface area contributed by atoms with E-state index in [1.165, 1.54) is 6.07 Å². The number of alkyl halides is 11. The third kappa shape index (κ3) is 2.45. The Hall–Kier alpha value is -1.11. The molecule has 1 atom stereocenters. The van der Waals surface area contributed by atoms with Gasteiger partial charge in [-0.25, -0.2) is 4.39 Å².